The molecule has 1 saturated heterocycles. The Bertz CT molecular complexity index is 275. The Morgan fingerprint density at radius 2 is 1.82 bits per heavy atom. The van der Waals surface area contributed by atoms with Crippen molar-refractivity contribution in [1.82, 2.24) is 16.2 Å². The molecule has 0 radical (unpaired) electrons. The number of ketones is 1. The molecule has 1 heterocycles. The molecule has 0 spiro atoms. The smallest absolute Gasteiger partial charge is 0.220 e. The number of Topliss-reactive ketones (excluding diaryl/α,β-unsaturated/α-hetero) is 1. The molecule has 3 N–H and O–H groups in total. The molecule has 1 aliphatic rings. The van der Waals surface area contributed by atoms with Crippen LogP contribution >= 0.6 is 0 Å². The number of carbonyl (C=O) groups is 2. The molecule has 0 atom stereocenters. The van der Waals surface area contributed by atoms with Gasteiger partial charge in [0.15, 0.2) is 0 Å². The van der Waals surface area contributed by atoms with Crippen LogP contribution in [-0.4, -0.2) is 23.9 Å². The van der Waals surface area contributed by atoms with Gasteiger partial charge in [-0.1, -0.05) is 6.42 Å². The van der Waals surface area contributed by atoms with Gasteiger partial charge in [-0.05, 0) is 33.1 Å². The largest absolute Gasteiger partial charge is 0.356 e. The van der Waals surface area contributed by atoms with Crippen molar-refractivity contribution in [2.24, 2.45) is 0 Å². The maximum absolute atomic E-state index is 11.4. The zero-order valence-corrected chi connectivity index (χ0v) is 10.8. The van der Waals surface area contributed by atoms with E-state index < -0.39 is 0 Å². The molecule has 5 heteroatoms. The van der Waals surface area contributed by atoms with E-state index in [0.29, 0.717) is 19.4 Å². The first kappa shape index (κ1) is 14.1. The van der Waals surface area contributed by atoms with Crippen LogP contribution in [0.25, 0.3) is 0 Å². The van der Waals surface area contributed by atoms with Gasteiger partial charge in [0.1, 0.15) is 5.78 Å². The number of rotatable bonds is 9. The summed E-state index contributed by atoms with van der Waals surface area (Å²) in [4.78, 5) is 22.1. The summed E-state index contributed by atoms with van der Waals surface area (Å²) < 4.78 is 0. The fourth-order valence-corrected chi connectivity index (χ4v) is 1.59. The lowest BCUT2D eigenvalue weighted by Gasteiger charge is -2.06. The van der Waals surface area contributed by atoms with E-state index in [9.17, 15) is 9.59 Å². The molecule has 0 aromatic heterocycles. The first-order chi connectivity index (χ1) is 8.02. The van der Waals surface area contributed by atoms with Crippen molar-refractivity contribution >= 4 is 11.7 Å². The molecule has 0 aromatic rings. The first-order valence-electron chi connectivity index (χ1n) is 6.32. The molecule has 98 valence electrons. The first-order valence-corrected chi connectivity index (χ1v) is 6.32. The maximum Gasteiger partial charge on any atom is 0.220 e. The van der Waals surface area contributed by atoms with Crippen LogP contribution in [0.15, 0.2) is 0 Å². The Hall–Kier alpha value is -0.940. The molecular formula is C12H23N3O2. The van der Waals surface area contributed by atoms with Gasteiger partial charge in [0.05, 0.1) is 5.66 Å². The summed E-state index contributed by atoms with van der Waals surface area (Å²) in [5.74, 6) is 0.347. The minimum Gasteiger partial charge on any atom is -0.356 e. The van der Waals surface area contributed by atoms with E-state index in [0.717, 1.165) is 25.7 Å². The molecule has 1 amide bonds. The lowest BCUT2D eigenvalue weighted by Crippen LogP contribution is -2.26. The van der Waals surface area contributed by atoms with Gasteiger partial charge in [-0.2, -0.15) is 0 Å². The summed E-state index contributed by atoms with van der Waals surface area (Å²) in [6, 6.07) is 0. The van der Waals surface area contributed by atoms with Crippen molar-refractivity contribution < 1.29 is 9.59 Å². The lowest BCUT2D eigenvalue weighted by atomic mass is 10.1. The number of carbonyl (C=O) groups excluding carboxylic acids is 2. The quantitative estimate of drug-likeness (QED) is 0.412. The number of unbranched alkanes of at least 4 members (excludes halogenated alkanes) is 2. The maximum atomic E-state index is 11.4. The summed E-state index contributed by atoms with van der Waals surface area (Å²) in [7, 11) is 0. The van der Waals surface area contributed by atoms with Gasteiger partial charge >= 0.3 is 0 Å². The summed E-state index contributed by atoms with van der Waals surface area (Å²) in [6.07, 6.45) is 4.89. The lowest BCUT2D eigenvalue weighted by molar-refractivity contribution is -0.121. The van der Waals surface area contributed by atoms with E-state index in [2.05, 4.69) is 16.2 Å². The van der Waals surface area contributed by atoms with Gasteiger partial charge in [-0.25, -0.2) is 10.9 Å². The molecule has 0 aliphatic carbocycles. The van der Waals surface area contributed by atoms with Crippen molar-refractivity contribution in [3.8, 4) is 0 Å². The van der Waals surface area contributed by atoms with Crippen LogP contribution in [0.4, 0.5) is 0 Å². The fourth-order valence-electron chi connectivity index (χ4n) is 1.59. The fraction of sp³-hybridized carbons (Fsp3) is 0.833. The molecule has 5 nitrogen and oxygen atoms in total. The minimum atomic E-state index is -0.0289. The van der Waals surface area contributed by atoms with Crippen molar-refractivity contribution in [3.05, 3.63) is 0 Å². The highest BCUT2D eigenvalue weighted by atomic mass is 16.1. The number of hydrogen-bond donors (Lipinski definition) is 3. The summed E-state index contributed by atoms with van der Waals surface area (Å²) in [5, 5.41) is 2.89. The number of nitrogens with one attached hydrogen (secondary N) is 3. The van der Waals surface area contributed by atoms with Gasteiger partial charge in [-0.15, -0.1) is 0 Å². The van der Waals surface area contributed by atoms with E-state index >= 15 is 0 Å². The van der Waals surface area contributed by atoms with Crippen LogP contribution in [0.2, 0.25) is 0 Å². The second-order valence-electron chi connectivity index (χ2n) is 4.94. The molecule has 0 unspecified atom stereocenters. The standard InChI is InChI=1S/C12H23N3O2/c1-10(16)6-4-3-5-9-13-11(17)7-8-12(2)14-15-12/h14-15H,3-9H2,1-2H3,(H,13,17). The van der Waals surface area contributed by atoms with Crippen molar-refractivity contribution in [2.45, 2.75) is 58.0 Å². The molecular weight excluding hydrogens is 218 g/mol. The van der Waals surface area contributed by atoms with Crippen molar-refractivity contribution in [2.75, 3.05) is 6.54 Å². The van der Waals surface area contributed by atoms with E-state index in [4.69, 9.17) is 0 Å². The zero-order chi connectivity index (χ0) is 12.7. The Balaban J connectivity index is 1.88. The van der Waals surface area contributed by atoms with Crippen LogP contribution in [0.3, 0.4) is 0 Å². The SMILES string of the molecule is CC(=O)CCCCCNC(=O)CCC1(C)NN1. The Morgan fingerprint density at radius 3 is 2.41 bits per heavy atom. The monoisotopic (exact) mass is 241 g/mol. The van der Waals surface area contributed by atoms with Crippen LogP contribution in [0.1, 0.15) is 52.4 Å². The topological polar surface area (TPSA) is 90.0 Å². The van der Waals surface area contributed by atoms with E-state index in [1.807, 2.05) is 6.92 Å². The second-order valence-corrected chi connectivity index (χ2v) is 4.94. The van der Waals surface area contributed by atoms with Crippen LogP contribution in [0.5, 0.6) is 0 Å². The average Bonchev–Trinajstić information content (AvgIpc) is 2.99. The second kappa shape index (κ2) is 6.71. The Morgan fingerprint density at radius 1 is 1.12 bits per heavy atom. The number of hydrogen-bond acceptors (Lipinski definition) is 4. The van der Waals surface area contributed by atoms with Crippen molar-refractivity contribution in [3.63, 3.8) is 0 Å². The average molecular weight is 241 g/mol. The minimum absolute atomic E-state index is 0.0289. The van der Waals surface area contributed by atoms with Crippen LogP contribution in [-0.2, 0) is 9.59 Å². The normalized spacial score (nSPS) is 16.6. The molecule has 0 aromatic carbocycles. The molecule has 17 heavy (non-hydrogen) atoms. The Labute approximate surface area is 103 Å². The number of hydrazine groups is 1. The molecule has 1 aliphatic heterocycles. The van der Waals surface area contributed by atoms with Gasteiger partial charge in [0, 0.05) is 19.4 Å². The van der Waals surface area contributed by atoms with E-state index in [1.54, 1.807) is 6.92 Å². The third-order valence-corrected chi connectivity index (χ3v) is 2.93. The van der Waals surface area contributed by atoms with E-state index in [-0.39, 0.29) is 17.4 Å². The van der Waals surface area contributed by atoms with Gasteiger partial charge in [0.25, 0.3) is 0 Å². The highest BCUT2D eigenvalue weighted by Crippen LogP contribution is 2.15. The summed E-state index contributed by atoms with van der Waals surface area (Å²) in [6.45, 7) is 4.36. The predicted molar refractivity (Wildman–Crippen MR) is 66.1 cm³/mol. The zero-order valence-electron chi connectivity index (χ0n) is 10.8. The predicted octanol–water partition coefficient (Wildman–Crippen LogP) is 0.856. The van der Waals surface area contributed by atoms with Crippen molar-refractivity contribution in [1.29, 1.82) is 0 Å². The van der Waals surface area contributed by atoms with Gasteiger partial charge < -0.3 is 10.1 Å². The third kappa shape index (κ3) is 7.07. The molecule has 0 bridgehead atoms. The molecule has 1 rings (SSSR count). The van der Waals surface area contributed by atoms with Gasteiger partial charge in [0.2, 0.25) is 5.91 Å². The molecule has 1 fully saturated rings. The summed E-state index contributed by atoms with van der Waals surface area (Å²) >= 11 is 0. The van der Waals surface area contributed by atoms with Crippen LogP contribution in [0, 0.1) is 0 Å². The Kier molecular flexibility index (Phi) is 5.58. The number of amides is 1. The van der Waals surface area contributed by atoms with Crippen LogP contribution < -0.4 is 16.2 Å². The van der Waals surface area contributed by atoms with Gasteiger partial charge in [-0.3, -0.25) is 4.79 Å². The highest BCUT2D eigenvalue weighted by Gasteiger charge is 2.35. The highest BCUT2D eigenvalue weighted by molar-refractivity contribution is 5.76. The van der Waals surface area contributed by atoms with E-state index in [1.165, 1.54) is 0 Å². The summed E-state index contributed by atoms with van der Waals surface area (Å²) in [5.41, 5.74) is 5.97. The molecule has 0 saturated carbocycles. The third-order valence-electron chi connectivity index (χ3n) is 2.93.